The van der Waals surface area contributed by atoms with E-state index in [1.807, 2.05) is 0 Å². The number of aromatic nitrogens is 2. The van der Waals surface area contributed by atoms with Crippen molar-refractivity contribution in [2.45, 2.75) is 24.9 Å². The number of hydrogen-bond acceptors (Lipinski definition) is 12. The largest absolute Gasteiger partial charge is 0.369 e. The number of anilines is 4. The molecule has 3 aliphatic rings. The van der Waals surface area contributed by atoms with Crippen molar-refractivity contribution in [3.8, 4) is 0 Å². The normalized spacial score (nSPS) is 19.8. The number of nitrogens with one attached hydrogen (secondary N) is 5. The van der Waals surface area contributed by atoms with Crippen LogP contribution in [0.15, 0.2) is 34.9 Å². The van der Waals surface area contributed by atoms with E-state index >= 15 is 0 Å². The lowest BCUT2D eigenvalue weighted by Crippen LogP contribution is -2.47. The predicted octanol–water partition coefficient (Wildman–Crippen LogP) is 2.24. The maximum absolute atomic E-state index is 13.0. The van der Waals surface area contributed by atoms with Gasteiger partial charge >= 0.3 is 6.03 Å². The molecule has 226 valence electrons. The second-order valence-electron chi connectivity index (χ2n) is 9.57. The summed E-state index contributed by atoms with van der Waals surface area (Å²) in [5.41, 5.74) is 0.752. The highest BCUT2D eigenvalue weighted by molar-refractivity contribution is 9.10. The van der Waals surface area contributed by atoms with Crippen molar-refractivity contribution < 1.29 is 28.8 Å². The van der Waals surface area contributed by atoms with Crippen LogP contribution >= 0.6 is 39.5 Å². The smallest absolute Gasteiger partial charge is 0.338 e. The van der Waals surface area contributed by atoms with Crippen molar-refractivity contribution in [2.24, 2.45) is 0 Å². The molecule has 0 bridgehead atoms. The van der Waals surface area contributed by atoms with Gasteiger partial charge in [-0.05, 0) is 40.5 Å². The Hall–Kier alpha value is -3.90. The number of nitrogens with zero attached hydrogens (tertiary/aromatic N) is 4. The second kappa shape index (κ2) is 13.6. The molecule has 2 aromatic rings. The molecule has 0 saturated carbocycles. The minimum atomic E-state index is -0.857. The Balaban J connectivity index is 1.14. The predicted molar refractivity (Wildman–Crippen MR) is 164 cm³/mol. The van der Waals surface area contributed by atoms with Crippen LogP contribution in [0.4, 0.5) is 37.5 Å². The minimum absolute atomic E-state index is 0.104. The Morgan fingerprint density at radius 3 is 2.60 bits per heavy atom. The third-order valence-corrected chi connectivity index (χ3v) is 8.85. The highest BCUT2D eigenvalue weighted by Crippen LogP contribution is 2.28. The molecule has 0 unspecified atom stereocenters. The zero-order valence-electron chi connectivity index (χ0n) is 22.4. The van der Waals surface area contributed by atoms with E-state index in [2.05, 4.69) is 52.5 Å². The summed E-state index contributed by atoms with van der Waals surface area (Å²) < 4.78 is 0.625. The molecule has 1 aromatic carbocycles. The maximum atomic E-state index is 13.0. The van der Waals surface area contributed by atoms with Crippen molar-refractivity contribution in [1.29, 1.82) is 0 Å². The third-order valence-electron chi connectivity index (χ3n) is 6.44. The third kappa shape index (κ3) is 7.55. The molecule has 5 N–H and O–H groups in total. The van der Waals surface area contributed by atoms with Gasteiger partial charge in [0.25, 0.3) is 22.3 Å². The van der Waals surface area contributed by atoms with Gasteiger partial charge in [0.1, 0.15) is 18.4 Å². The van der Waals surface area contributed by atoms with Crippen LogP contribution in [0, 0.1) is 0 Å². The number of benzene rings is 1. The molecule has 3 saturated heterocycles. The number of hydrogen-bond donors (Lipinski definition) is 5. The lowest BCUT2D eigenvalue weighted by atomic mass is 10.2. The zero-order chi connectivity index (χ0) is 30.5. The van der Waals surface area contributed by atoms with Crippen LogP contribution in [0.3, 0.4) is 0 Å². The molecule has 3 aliphatic heterocycles. The summed E-state index contributed by atoms with van der Waals surface area (Å²) in [5, 5.41) is 13.9. The van der Waals surface area contributed by atoms with Crippen LogP contribution < -0.4 is 31.5 Å². The van der Waals surface area contributed by atoms with Gasteiger partial charge in [0.15, 0.2) is 0 Å². The quantitative estimate of drug-likeness (QED) is 0.171. The number of halogens is 1. The Morgan fingerprint density at radius 1 is 1.07 bits per heavy atom. The van der Waals surface area contributed by atoms with Crippen LogP contribution in [0.2, 0.25) is 0 Å². The molecule has 2 atom stereocenters. The highest BCUT2D eigenvalue weighted by atomic mass is 79.9. The number of thioether (sulfide) groups is 2. The van der Waals surface area contributed by atoms with E-state index in [-0.39, 0.29) is 46.2 Å². The van der Waals surface area contributed by atoms with Crippen LogP contribution in [0.1, 0.15) is 12.8 Å². The van der Waals surface area contributed by atoms with Crippen LogP contribution in [-0.2, 0) is 14.4 Å². The molecule has 4 heterocycles. The van der Waals surface area contributed by atoms with Crippen molar-refractivity contribution in [1.82, 2.24) is 30.8 Å². The topological polar surface area (TPSA) is 195 Å². The standard InChI is InChI=1S/C25H26BrN9O6S2/c26-16-9-29-22(33-20(16)28-6-2-5-27-18(36)8-14-11-42-23(39)31-14)30-13-3-1-4-15(7-13)35-19(37)10-34(25(35)41)21(38)17-12-43-24(40)32-17/h1,3-4,7,9,14,17H,2,5-6,8,10-12H2,(H,27,36)(H,31,39)(H,32,40)(H2,28,29,30,33)/t14-,17+/m1/s1. The van der Waals surface area contributed by atoms with E-state index in [0.29, 0.717) is 41.2 Å². The minimum Gasteiger partial charge on any atom is -0.369 e. The van der Waals surface area contributed by atoms with E-state index in [9.17, 15) is 28.8 Å². The molecule has 15 nitrogen and oxygen atoms in total. The number of rotatable bonds is 11. The average molecular weight is 693 g/mol. The van der Waals surface area contributed by atoms with Crippen LogP contribution in [-0.4, -0.2) is 92.3 Å². The van der Waals surface area contributed by atoms with Crippen molar-refractivity contribution in [2.75, 3.05) is 46.7 Å². The van der Waals surface area contributed by atoms with Gasteiger partial charge in [0.2, 0.25) is 11.9 Å². The fraction of sp³-hybridized carbons (Fsp3) is 0.360. The molecule has 7 amide bonds. The van der Waals surface area contributed by atoms with E-state index in [0.717, 1.165) is 21.6 Å². The Morgan fingerprint density at radius 2 is 1.86 bits per heavy atom. The number of carbonyl (C=O) groups excluding carboxylic acids is 6. The first-order chi connectivity index (χ1) is 20.7. The van der Waals surface area contributed by atoms with E-state index in [1.165, 1.54) is 11.8 Å². The molecule has 0 aliphatic carbocycles. The van der Waals surface area contributed by atoms with Gasteiger partial charge in [0, 0.05) is 48.9 Å². The van der Waals surface area contributed by atoms with Gasteiger partial charge in [-0.2, -0.15) is 4.98 Å². The zero-order valence-corrected chi connectivity index (χ0v) is 25.6. The van der Waals surface area contributed by atoms with E-state index in [1.54, 1.807) is 30.5 Å². The molecular weight excluding hydrogens is 666 g/mol. The Labute approximate surface area is 262 Å². The number of amides is 7. The van der Waals surface area contributed by atoms with Gasteiger partial charge in [0.05, 0.1) is 10.2 Å². The van der Waals surface area contributed by atoms with Gasteiger partial charge in [-0.25, -0.2) is 14.7 Å². The fourth-order valence-corrected chi connectivity index (χ4v) is 6.30. The van der Waals surface area contributed by atoms with Crippen molar-refractivity contribution >= 4 is 96.8 Å². The molecule has 43 heavy (non-hydrogen) atoms. The lowest BCUT2D eigenvalue weighted by Gasteiger charge is -2.19. The molecule has 0 radical (unpaired) electrons. The molecule has 0 spiro atoms. The molecule has 18 heteroatoms. The summed E-state index contributed by atoms with van der Waals surface area (Å²) in [7, 11) is 0. The Kier molecular flexibility index (Phi) is 9.66. The van der Waals surface area contributed by atoms with Crippen molar-refractivity contribution in [3.05, 3.63) is 34.9 Å². The maximum Gasteiger partial charge on any atom is 0.338 e. The molecule has 5 rings (SSSR count). The number of carbonyl (C=O) groups is 6. The van der Waals surface area contributed by atoms with E-state index in [4.69, 9.17) is 0 Å². The molecule has 1 aromatic heterocycles. The highest BCUT2D eigenvalue weighted by Gasteiger charge is 2.44. The van der Waals surface area contributed by atoms with Crippen molar-refractivity contribution in [3.63, 3.8) is 0 Å². The summed E-state index contributed by atoms with van der Waals surface area (Å²) in [6, 6.07) is 4.70. The number of urea groups is 1. The van der Waals surface area contributed by atoms with Gasteiger partial charge < -0.3 is 26.6 Å². The first-order valence-electron chi connectivity index (χ1n) is 13.1. The van der Waals surface area contributed by atoms with Crippen LogP contribution in [0.5, 0.6) is 0 Å². The monoisotopic (exact) mass is 691 g/mol. The first kappa shape index (κ1) is 30.6. The van der Waals surface area contributed by atoms with Crippen LogP contribution in [0.25, 0.3) is 0 Å². The summed E-state index contributed by atoms with van der Waals surface area (Å²) in [6.45, 7) is 0.544. The van der Waals surface area contributed by atoms with Gasteiger partial charge in [-0.1, -0.05) is 29.6 Å². The SMILES string of the molecule is O=C(C[C@@H]1CSC(=O)N1)NCCCNc1nc(Nc2cccc(N3C(=O)CN(C(=O)[C@@H]4CSC(=O)N4)C3=O)c2)ncc1Br. The summed E-state index contributed by atoms with van der Waals surface area (Å²) in [4.78, 5) is 83.7. The number of imide groups is 2. The van der Waals surface area contributed by atoms with Gasteiger partial charge in [-0.15, -0.1) is 0 Å². The Bertz CT molecular complexity index is 1480. The molecule has 3 fully saturated rings. The second-order valence-corrected chi connectivity index (χ2v) is 12.4. The summed E-state index contributed by atoms with van der Waals surface area (Å²) in [6.07, 6.45) is 2.44. The average Bonchev–Trinajstić information content (AvgIpc) is 3.68. The first-order valence-corrected chi connectivity index (χ1v) is 15.9. The van der Waals surface area contributed by atoms with Gasteiger partial charge in [-0.3, -0.25) is 28.9 Å². The fourth-order valence-electron chi connectivity index (χ4n) is 4.39. The summed E-state index contributed by atoms with van der Waals surface area (Å²) >= 11 is 5.54. The summed E-state index contributed by atoms with van der Waals surface area (Å²) in [5.74, 6) is 0.225. The van der Waals surface area contributed by atoms with E-state index < -0.39 is 30.4 Å². The lowest BCUT2D eigenvalue weighted by molar-refractivity contribution is -0.131. The molecular formula is C25H26BrN9O6S2.